The van der Waals surface area contributed by atoms with Crippen molar-refractivity contribution in [1.29, 1.82) is 0 Å². The van der Waals surface area contributed by atoms with Crippen LogP contribution in [0, 0.1) is 0 Å². The number of likely N-dealkylation sites (N-methyl/N-ethyl adjacent to an activating group) is 1. The first-order valence-corrected chi connectivity index (χ1v) is 10.5. The lowest BCUT2D eigenvalue weighted by Crippen LogP contribution is -2.41. The molecule has 3 aromatic rings. The van der Waals surface area contributed by atoms with Gasteiger partial charge in [0.2, 0.25) is 0 Å². The highest BCUT2D eigenvalue weighted by molar-refractivity contribution is 5.94. The van der Waals surface area contributed by atoms with Gasteiger partial charge in [-0.2, -0.15) is 0 Å². The van der Waals surface area contributed by atoms with Crippen LogP contribution in [0.3, 0.4) is 0 Å². The summed E-state index contributed by atoms with van der Waals surface area (Å²) in [6.45, 7) is 3.39. The summed E-state index contributed by atoms with van der Waals surface area (Å²) < 4.78 is 5.30. The lowest BCUT2D eigenvalue weighted by Gasteiger charge is -2.32. The number of carbonyl (C=O) groups excluding carboxylic acids is 1. The van der Waals surface area contributed by atoms with E-state index in [-0.39, 0.29) is 11.9 Å². The maximum atomic E-state index is 13.2. The Morgan fingerprint density at radius 2 is 2.13 bits per heavy atom. The predicted molar refractivity (Wildman–Crippen MR) is 118 cm³/mol. The topological polar surface area (TPSA) is 70.2 Å². The lowest BCUT2D eigenvalue weighted by atomic mass is 9.98. The summed E-state index contributed by atoms with van der Waals surface area (Å²) in [4.78, 5) is 22.7. The van der Waals surface area contributed by atoms with Gasteiger partial charge < -0.3 is 19.9 Å². The Morgan fingerprint density at radius 3 is 2.93 bits per heavy atom. The first kappa shape index (κ1) is 20.0. The molecular weight excluding hydrogens is 376 g/mol. The van der Waals surface area contributed by atoms with E-state index in [9.17, 15) is 4.79 Å². The minimum atomic E-state index is -0.0519. The number of amides is 1. The molecule has 0 radical (unpaired) electrons. The lowest BCUT2D eigenvalue weighted by molar-refractivity contribution is 0.0700. The van der Waals surface area contributed by atoms with Gasteiger partial charge in [-0.05, 0) is 62.1 Å². The van der Waals surface area contributed by atoms with Crippen LogP contribution >= 0.6 is 0 Å². The molecule has 1 aliphatic carbocycles. The Labute approximate surface area is 177 Å². The van der Waals surface area contributed by atoms with E-state index >= 15 is 0 Å². The zero-order chi connectivity index (χ0) is 20.9. The maximum absolute atomic E-state index is 13.2. The second-order valence-corrected chi connectivity index (χ2v) is 7.55. The van der Waals surface area contributed by atoms with Gasteiger partial charge in [-0.1, -0.05) is 24.3 Å². The molecule has 6 nitrogen and oxygen atoms in total. The van der Waals surface area contributed by atoms with Gasteiger partial charge in [0, 0.05) is 18.8 Å². The van der Waals surface area contributed by atoms with Crippen LogP contribution in [0.4, 0.5) is 0 Å². The number of H-pyrrole nitrogens is 1. The molecule has 30 heavy (non-hydrogen) atoms. The number of fused-ring (bicyclic) bond motifs is 1. The average molecular weight is 405 g/mol. The first-order chi connectivity index (χ1) is 14.7. The van der Waals surface area contributed by atoms with Gasteiger partial charge in [0.1, 0.15) is 5.75 Å². The highest BCUT2D eigenvalue weighted by Gasteiger charge is 2.26. The first-order valence-electron chi connectivity index (χ1n) is 10.5. The molecule has 4 rings (SSSR count). The van der Waals surface area contributed by atoms with Crippen molar-refractivity contribution < 1.29 is 9.53 Å². The molecule has 1 amide bonds. The van der Waals surface area contributed by atoms with Gasteiger partial charge in [0.15, 0.2) is 5.82 Å². The molecule has 1 aromatic heterocycles. The number of benzene rings is 2. The number of ether oxygens (including phenoxy) is 1. The summed E-state index contributed by atoms with van der Waals surface area (Å²) in [5.74, 6) is 1.21. The zero-order valence-corrected chi connectivity index (χ0v) is 17.5. The standard InChI is InChI=1S/C24H28N4O2/c1-3-28(24(29)23-26-21-12-4-5-13-22(21)27-23)19-10-7-9-18(15-19)25-16-17-8-6-11-20(14-17)30-2/h4-6,8,11-15,19,25H,3,7,9-10,16H2,1-2H3,(H,26,27)/t19-/m0/s1. The molecule has 6 heteroatoms. The SMILES string of the molecule is CCN(C(=O)c1nc2ccccc2[nH]1)[C@@H]1C=C(NCc2cccc(OC)c2)CCC1. The van der Waals surface area contributed by atoms with Crippen LogP contribution in [-0.2, 0) is 6.54 Å². The zero-order valence-electron chi connectivity index (χ0n) is 17.5. The van der Waals surface area contributed by atoms with Crippen molar-refractivity contribution in [2.24, 2.45) is 0 Å². The normalized spacial score (nSPS) is 16.2. The molecule has 156 valence electrons. The fourth-order valence-corrected chi connectivity index (χ4v) is 4.01. The fraction of sp³-hybridized carbons (Fsp3) is 0.333. The molecule has 0 saturated heterocycles. The molecule has 1 heterocycles. The Morgan fingerprint density at radius 1 is 1.27 bits per heavy atom. The molecule has 0 unspecified atom stereocenters. The predicted octanol–water partition coefficient (Wildman–Crippen LogP) is 4.26. The van der Waals surface area contributed by atoms with E-state index in [1.54, 1.807) is 7.11 Å². The number of imidazole rings is 1. The number of rotatable bonds is 7. The third-order valence-electron chi connectivity index (χ3n) is 5.59. The van der Waals surface area contributed by atoms with Crippen molar-refractivity contribution in [3.63, 3.8) is 0 Å². The Kier molecular flexibility index (Phi) is 6.02. The molecule has 0 saturated carbocycles. The second kappa shape index (κ2) is 9.03. The minimum Gasteiger partial charge on any atom is -0.497 e. The van der Waals surface area contributed by atoms with Crippen LogP contribution in [0.1, 0.15) is 42.4 Å². The van der Waals surface area contributed by atoms with E-state index in [4.69, 9.17) is 4.74 Å². The van der Waals surface area contributed by atoms with Gasteiger partial charge in [0.25, 0.3) is 5.91 Å². The van der Waals surface area contributed by atoms with Gasteiger partial charge in [-0.25, -0.2) is 4.98 Å². The van der Waals surface area contributed by atoms with Crippen LogP contribution in [0.2, 0.25) is 0 Å². The van der Waals surface area contributed by atoms with Crippen LogP contribution in [0.15, 0.2) is 60.3 Å². The number of hydrogen-bond acceptors (Lipinski definition) is 4. The largest absolute Gasteiger partial charge is 0.497 e. The molecule has 0 fully saturated rings. The van der Waals surface area contributed by atoms with Gasteiger partial charge in [0.05, 0.1) is 24.2 Å². The highest BCUT2D eigenvalue weighted by Crippen LogP contribution is 2.23. The van der Waals surface area contributed by atoms with E-state index < -0.39 is 0 Å². The molecule has 1 aliphatic rings. The number of methoxy groups -OCH3 is 1. The van der Waals surface area contributed by atoms with Crippen molar-refractivity contribution in [3.8, 4) is 5.75 Å². The van der Waals surface area contributed by atoms with Crippen LogP contribution in [-0.4, -0.2) is 40.5 Å². The summed E-state index contributed by atoms with van der Waals surface area (Å²) in [7, 11) is 1.68. The number of aromatic nitrogens is 2. The van der Waals surface area contributed by atoms with Gasteiger partial charge in [-0.3, -0.25) is 4.79 Å². The molecular formula is C24H28N4O2. The Hall–Kier alpha value is -3.28. The number of nitrogens with zero attached hydrogens (tertiary/aromatic N) is 2. The number of hydrogen-bond donors (Lipinski definition) is 2. The number of nitrogens with one attached hydrogen (secondary N) is 2. The Bertz CT molecular complexity index is 1020. The van der Waals surface area contributed by atoms with Crippen molar-refractivity contribution in [2.75, 3.05) is 13.7 Å². The van der Waals surface area contributed by atoms with Crippen LogP contribution in [0.5, 0.6) is 5.75 Å². The van der Waals surface area contributed by atoms with Crippen molar-refractivity contribution in [1.82, 2.24) is 20.2 Å². The molecule has 0 bridgehead atoms. The minimum absolute atomic E-state index is 0.0519. The van der Waals surface area contributed by atoms with E-state index in [1.165, 1.54) is 11.3 Å². The quantitative estimate of drug-likeness (QED) is 0.617. The summed E-state index contributed by atoms with van der Waals surface area (Å²) in [5.41, 5.74) is 4.06. The molecule has 0 aliphatic heterocycles. The smallest absolute Gasteiger partial charge is 0.290 e. The number of aromatic amines is 1. The number of para-hydroxylation sites is 2. The van der Waals surface area contributed by atoms with Gasteiger partial charge >= 0.3 is 0 Å². The van der Waals surface area contributed by atoms with Gasteiger partial charge in [-0.15, -0.1) is 0 Å². The van der Waals surface area contributed by atoms with E-state index in [0.29, 0.717) is 12.4 Å². The number of carbonyl (C=O) groups is 1. The molecule has 1 atom stereocenters. The molecule has 0 spiro atoms. The van der Waals surface area contributed by atoms with Crippen LogP contribution in [0.25, 0.3) is 11.0 Å². The molecule has 2 N–H and O–H groups in total. The Balaban J connectivity index is 1.47. The van der Waals surface area contributed by atoms with E-state index in [0.717, 1.165) is 42.6 Å². The third kappa shape index (κ3) is 4.32. The summed E-state index contributed by atoms with van der Waals surface area (Å²) in [6, 6.07) is 15.9. The number of allylic oxidation sites excluding steroid dienone is 1. The maximum Gasteiger partial charge on any atom is 0.290 e. The van der Waals surface area contributed by atoms with Crippen molar-refractivity contribution in [3.05, 3.63) is 71.7 Å². The van der Waals surface area contributed by atoms with Crippen LogP contribution < -0.4 is 10.1 Å². The summed E-state index contributed by atoms with van der Waals surface area (Å²) >= 11 is 0. The average Bonchev–Trinajstić information content (AvgIpc) is 3.23. The fourth-order valence-electron chi connectivity index (χ4n) is 4.01. The highest BCUT2D eigenvalue weighted by atomic mass is 16.5. The van der Waals surface area contributed by atoms with E-state index in [1.807, 2.05) is 54.3 Å². The van der Waals surface area contributed by atoms with E-state index in [2.05, 4.69) is 27.4 Å². The summed E-state index contributed by atoms with van der Waals surface area (Å²) in [6.07, 6.45) is 5.21. The monoisotopic (exact) mass is 404 g/mol. The molecule has 2 aromatic carbocycles. The second-order valence-electron chi connectivity index (χ2n) is 7.55. The third-order valence-corrected chi connectivity index (χ3v) is 5.59. The van der Waals surface area contributed by atoms with Crippen molar-refractivity contribution in [2.45, 2.75) is 38.8 Å². The summed E-state index contributed by atoms with van der Waals surface area (Å²) in [5, 5.41) is 3.54. The van der Waals surface area contributed by atoms with Crippen molar-refractivity contribution >= 4 is 16.9 Å².